The number of benzene rings is 3. The molecule has 1 aliphatic heterocycles. The van der Waals surface area contributed by atoms with Crippen LogP contribution < -0.4 is 14.2 Å². The molecule has 1 unspecified atom stereocenters. The summed E-state index contributed by atoms with van der Waals surface area (Å²) >= 11 is 0.934. The maximum absolute atomic E-state index is 12.9. The number of carbonyl (C=O) groups is 2. The second kappa shape index (κ2) is 11.3. The van der Waals surface area contributed by atoms with Crippen molar-refractivity contribution in [1.29, 1.82) is 0 Å². The van der Waals surface area contributed by atoms with Gasteiger partial charge in [-0.2, -0.15) is 0 Å². The monoisotopic (exact) mass is 491 g/mol. The van der Waals surface area contributed by atoms with Gasteiger partial charge in [0.25, 0.3) is 11.1 Å². The van der Waals surface area contributed by atoms with Crippen LogP contribution in [0.4, 0.5) is 4.79 Å². The fraction of sp³-hybridized carbons (Fsp3) is 0.286. The lowest BCUT2D eigenvalue weighted by Crippen LogP contribution is -2.32. The molecule has 2 amide bonds. The van der Waals surface area contributed by atoms with E-state index in [1.54, 1.807) is 6.08 Å². The second-order valence-corrected chi connectivity index (χ2v) is 9.13. The summed E-state index contributed by atoms with van der Waals surface area (Å²) in [5, 5.41) is 1.77. The molecule has 1 atom stereocenters. The number of ether oxygens (including phenoxy) is 3. The van der Waals surface area contributed by atoms with E-state index in [9.17, 15) is 9.59 Å². The zero-order valence-electron chi connectivity index (χ0n) is 20.2. The van der Waals surface area contributed by atoms with Crippen molar-refractivity contribution < 1.29 is 23.8 Å². The predicted octanol–water partition coefficient (Wildman–Crippen LogP) is 6.53. The predicted molar refractivity (Wildman–Crippen MR) is 140 cm³/mol. The molecule has 7 heteroatoms. The van der Waals surface area contributed by atoms with Gasteiger partial charge in [-0.3, -0.25) is 14.5 Å². The minimum Gasteiger partial charge on any atom is -0.491 e. The van der Waals surface area contributed by atoms with Gasteiger partial charge in [0, 0.05) is 5.39 Å². The van der Waals surface area contributed by atoms with Crippen molar-refractivity contribution in [2.24, 2.45) is 0 Å². The first-order valence-corrected chi connectivity index (χ1v) is 12.6. The van der Waals surface area contributed by atoms with E-state index in [2.05, 4.69) is 6.92 Å². The summed E-state index contributed by atoms with van der Waals surface area (Å²) in [6, 6.07) is 19.3. The van der Waals surface area contributed by atoms with Crippen molar-refractivity contribution in [2.75, 3.05) is 19.8 Å². The normalized spacial score (nSPS) is 15.6. The summed E-state index contributed by atoms with van der Waals surface area (Å²) in [6.07, 6.45) is 2.66. The number of carbonyl (C=O) groups excluding carboxylic acids is 2. The van der Waals surface area contributed by atoms with Gasteiger partial charge >= 0.3 is 0 Å². The summed E-state index contributed by atoms with van der Waals surface area (Å²) in [5.74, 6) is 1.69. The van der Waals surface area contributed by atoms with E-state index in [0.717, 1.165) is 40.3 Å². The van der Waals surface area contributed by atoms with Gasteiger partial charge in [0.15, 0.2) is 11.5 Å². The summed E-state index contributed by atoms with van der Waals surface area (Å²) in [4.78, 5) is 27.1. The van der Waals surface area contributed by atoms with Crippen molar-refractivity contribution in [2.45, 2.75) is 33.3 Å². The van der Waals surface area contributed by atoms with E-state index >= 15 is 0 Å². The van der Waals surface area contributed by atoms with Crippen LogP contribution in [0.1, 0.15) is 32.8 Å². The number of fused-ring (bicyclic) bond motifs is 1. The quantitative estimate of drug-likeness (QED) is 0.300. The maximum atomic E-state index is 12.9. The fourth-order valence-corrected chi connectivity index (χ4v) is 4.56. The first-order chi connectivity index (χ1) is 17.0. The Morgan fingerprint density at radius 1 is 0.943 bits per heavy atom. The molecule has 0 saturated carbocycles. The Hall–Kier alpha value is -3.45. The molecule has 35 heavy (non-hydrogen) atoms. The van der Waals surface area contributed by atoms with E-state index in [-0.39, 0.29) is 30.4 Å². The molecule has 6 nitrogen and oxygen atoms in total. The van der Waals surface area contributed by atoms with Gasteiger partial charge < -0.3 is 14.2 Å². The van der Waals surface area contributed by atoms with Crippen LogP contribution in [0.25, 0.3) is 16.8 Å². The molecule has 1 fully saturated rings. The SMILES string of the molecule is CCOc1cc(/C=C2\SC(=O)N(CCOc3cccc4ccccc34)C2=O)ccc1OC(C)CC. The van der Waals surface area contributed by atoms with Crippen molar-refractivity contribution in [3.8, 4) is 17.2 Å². The van der Waals surface area contributed by atoms with E-state index in [0.29, 0.717) is 23.0 Å². The van der Waals surface area contributed by atoms with E-state index in [4.69, 9.17) is 14.2 Å². The fourth-order valence-electron chi connectivity index (χ4n) is 3.69. The lowest BCUT2D eigenvalue weighted by Gasteiger charge is -2.16. The van der Waals surface area contributed by atoms with Crippen molar-refractivity contribution in [3.63, 3.8) is 0 Å². The zero-order chi connectivity index (χ0) is 24.8. The average Bonchev–Trinajstić information content (AvgIpc) is 3.13. The summed E-state index contributed by atoms with van der Waals surface area (Å²) in [7, 11) is 0. The van der Waals surface area contributed by atoms with Crippen LogP contribution >= 0.6 is 11.8 Å². The highest BCUT2D eigenvalue weighted by atomic mass is 32.2. The van der Waals surface area contributed by atoms with E-state index in [1.807, 2.05) is 74.5 Å². The van der Waals surface area contributed by atoms with Crippen molar-refractivity contribution >= 4 is 39.8 Å². The number of thioether (sulfide) groups is 1. The average molecular weight is 492 g/mol. The van der Waals surface area contributed by atoms with Crippen molar-refractivity contribution in [3.05, 3.63) is 71.1 Å². The molecule has 4 rings (SSSR count). The molecule has 3 aromatic rings. The minimum atomic E-state index is -0.320. The van der Waals surface area contributed by atoms with Gasteiger partial charge in [-0.15, -0.1) is 0 Å². The molecule has 1 saturated heterocycles. The molecule has 0 spiro atoms. The molecule has 0 radical (unpaired) electrons. The molecule has 0 bridgehead atoms. The lowest BCUT2D eigenvalue weighted by molar-refractivity contribution is -0.123. The highest BCUT2D eigenvalue weighted by molar-refractivity contribution is 8.18. The number of amides is 2. The van der Waals surface area contributed by atoms with Crippen LogP contribution in [0.3, 0.4) is 0 Å². The third kappa shape index (κ3) is 5.80. The molecule has 0 aliphatic carbocycles. The molecular formula is C28H29NO5S. The Bertz CT molecular complexity index is 1250. The zero-order valence-corrected chi connectivity index (χ0v) is 21.0. The Morgan fingerprint density at radius 2 is 1.74 bits per heavy atom. The molecule has 1 heterocycles. The Kier molecular flexibility index (Phi) is 7.98. The Morgan fingerprint density at radius 3 is 2.54 bits per heavy atom. The molecule has 1 aliphatic rings. The van der Waals surface area contributed by atoms with Gasteiger partial charge in [-0.25, -0.2) is 0 Å². The second-order valence-electron chi connectivity index (χ2n) is 8.13. The van der Waals surface area contributed by atoms with Crippen LogP contribution in [-0.2, 0) is 4.79 Å². The third-order valence-electron chi connectivity index (χ3n) is 5.66. The highest BCUT2D eigenvalue weighted by Crippen LogP contribution is 2.35. The molecular weight excluding hydrogens is 462 g/mol. The molecule has 0 N–H and O–H groups in total. The molecule has 0 aromatic heterocycles. The lowest BCUT2D eigenvalue weighted by atomic mass is 10.1. The highest BCUT2D eigenvalue weighted by Gasteiger charge is 2.34. The smallest absolute Gasteiger partial charge is 0.293 e. The summed E-state index contributed by atoms with van der Waals surface area (Å²) in [6.45, 7) is 6.86. The standard InChI is InChI=1S/C28H29NO5S/c1-4-19(3)34-24-14-13-20(17-25(24)32-5-2)18-26-27(30)29(28(31)35-26)15-16-33-23-12-8-10-21-9-6-7-11-22(21)23/h6-14,17-19H,4-5,15-16H2,1-3H3/b26-18-. The third-order valence-corrected chi connectivity index (χ3v) is 6.57. The summed E-state index contributed by atoms with van der Waals surface area (Å²) < 4.78 is 17.6. The van der Waals surface area contributed by atoms with Gasteiger partial charge in [0.05, 0.1) is 24.2 Å². The topological polar surface area (TPSA) is 65.1 Å². The first kappa shape index (κ1) is 24.7. The molecule has 182 valence electrons. The van der Waals surface area contributed by atoms with E-state index in [1.165, 1.54) is 4.90 Å². The Labute approximate surface area is 209 Å². The van der Waals surface area contributed by atoms with Crippen LogP contribution in [0, 0.1) is 0 Å². The van der Waals surface area contributed by atoms with E-state index < -0.39 is 0 Å². The van der Waals surface area contributed by atoms with Gasteiger partial charge in [0.2, 0.25) is 0 Å². The first-order valence-electron chi connectivity index (χ1n) is 11.8. The van der Waals surface area contributed by atoms with Crippen LogP contribution in [0.5, 0.6) is 17.2 Å². The number of hydrogen-bond acceptors (Lipinski definition) is 6. The molecule has 3 aromatic carbocycles. The van der Waals surface area contributed by atoms with Gasteiger partial charge in [0.1, 0.15) is 12.4 Å². The number of nitrogens with zero attached hydrogens (tertiary/aromatic N) is 1. The Balaban J connectivity index is 1.44. The number of imide groups is 1. The number of rotatable bonds is 10. The number of hydrogen-bond donors (Lipinski definition) is 0. The van der Waals surface area contributed by atoms with Crippen LogP contribution in [0.2, 0.25) is 0 Å². The largest absolute Gasteiger partial charge is 0.491 e. The minimum absolute atomic E-state index is 0.0626. The van der Waals surface area contributed by atoms with Crippen molar-refractivity contribution in [1.82, 2.24) is 4.90 Å². The van der Waals surface area contributed by atoms with Crippen LogP contribution in [-0.4, -0.2) is 41.9 Å². The van der Waals surface area contributed by atoms with Crippen LogP contribution in [0.15, 0.2) is 65.6 Å². The van der Waals surface area contributed by atoms with Gasteiger partial charge in [-0.05, 0) is 67.3 Å². The van der Waals surface area contributed by atoms with Gasteiger partial charge in [-0.1, -0.05) is 49.4 Å². The summed E-state index contributed by atoms with van der Waals surface area (Å²) in [5.41, 5.74) is 0.766. The maximum Gasteiger partial charge on any atom is 0.293 e.